The molecule has 1 aromatic rings. The van der Waals surface area contributed by atoms with Crippen molar-refractivity contribution in [1.82, 2.24) is 0 Å². The van der Waals surface area contributed by atoms with Gasteiger partial charge in [-0.3, -0.25) is 9.35 Å². The number of hydrogen-bond acceptors (Lipinski definition) is 5. The minimum Gasteiger partial charge on any atom is -0.495 e. The molecule has 0 saturated carbocycles. The molecular weight excluding hydrogens is 260 g/mol. The summed E-state index contributed by atoms with van der Waals surface area (Å²) < 4.78 is 40.7. The third-order valence-electron chi connectivity index (χ3n) is 2.16. The van der Waals surface area contributed by atoms with Crippen LogP contribution in [0.1, 0.15) is 12.5 Å². The lowest BCUT2D eigenvalue weighted by molar-refractivity contribution is -0.142. The summed E-state index contributed by atoms with van der Waals surface area (Å²) in [5.74, 6) is -0.432. The summed E-state index contributed by atoms with van der Waals surface area (Å²) in [6.07, 6.45) is 0.00988. The number of carbonyl (C=O) groups excluding carboxylic acids is 1. The normalized spacial score (nSPS) is 11.1. The van der Waals surface area contributed by atoms with Crippen molar-refractivity contribution in [2.24, 2.45) is 0 Å². The highest BCUT2D eigenvalue weighted by atomic mass is 32.2. The minimum absolute atomic E-state index is 0.00988. The molecule has 0 heterocycles. The van der Waals surface area contributed by atoms with Crippen molar-refractivity contribution in [2.45, 2.75) is 18.2 Å². The summed E-state index contributed by atoms with van der Waals surface area (Å²) in [6.45, 7) is 1.97. The van der Waals surface area contributed by atoms with Gasteiger partial charge in [-0.15, -0.1) is 0 Å². The Balaban J connectivity index is 3.03. The van der Waals surface area contributed by atoms with Crippen molar-refractivity contribution >= 4 is 16.1 Å². The lowest BCUT2D eigenvalue weighted by atomic mass is 10.1. The Hall–Kier alpha value is -1.60. The molecule has 100 valence electrons. The molecule has 0 bridgehead atoms. The van der Waals surface area contributed by atoms with Crippen LogP contribution in [-0.4, -0.2) is 32.7 Å². The number of esters is 1. The molecule has 0 aromatic heterocycles. The fourth-order valence-electron chi connectivity index (χ4n) is 1.41. The highest BCUT2D eigenvalue weighted by Gasteiger charge is 2.17. The van der Waals surface area contributed by atoms with Gasteiger partial charge >= 0.3 is 5.97 Å². The molecule has 18 heavy (non-hydrogen) atoms. The maximum absolute atomic E-state index is 11.3. The largest absolute Gasteiger partial charge is 0.495 e. The highest BCUT2D eigenvalue weighted by Crippen LogP contribution is 2.25. The van der Waals surface area contributed by atoms with Crippen molar-refractivity contribution in [3.05, 3.63) is 23.8 Å². The van der Waals surface area contributed by atoms with Crippen LogP contribution in [-0.2, 0) is 26.1 Å². The zero-order chi connectivity index (χ0) is 13.8. The first kappa shape index (κ1) is 14.5. The molecular formula is C11H14O6S. The van der Waals surface area contributed by atoms with Gasteiger partial charge in [-0.25, -0.2) is 0 Å². The third kappa shape index (κ3) is 3.71. The van der Waals surface area contributed by atoms with Gasteiger partial charge in [0.2, 0.25) is 0 Å². The molecule has 1 rings (SSSR count). The average Bonchev–Trinajstić information content (AvgIpc) is 2.27. The molecule has 1 aromatic carbocycles. The lowest BCUT2D eigenvalue weighted by Crippen LogP contribution is -2.08. The Kier molecular flexibility index (Phi) is 4.69. The van der Waals surface area contributed by atoms with Gasteiger partial charge in [-0.05, 0) is 24.6 Å². The predicted molar refractivity (Wildman–Crippen MR) is 63.1 cm³/mol. The van der Waals surface area contributed by atoms with Crippen LogP contribution in [0.15, 0.2) is 23.1 Å². The molecule has 0 unspecified atom stereocenters. The number of hydrogen-bond donors (Lipinski definition) is 1. The molecule has 0 aliphatic rings. The summed E-state index contributed by atoms with van der Waals surface area (Å²) in [5.41, 5.74) is 0.540. The van der Waals surface area contributed by atoms with Crippen LogP contribution in [0.3, 0.4) is 0 Å². The van der Waals surface area contributed by atoms with Crippen molar-refractivity contribution < 1.29 is 27.2 Å². The van der Waals surface area contributed by atoms with Gasteiger partial charge in [0.15, 0.2) is 0 Å². The van der Waals surface area contributed by atoms with Crippen LogP contribution in [0.4, 0.5) is 0 Å². The van der Waals surface area contributed by atoms with E-state index in [0.717, 1.165) is 0 Å². The molecule has 7 heteroatoms. The van der Waals surface area contributed by atoms with E-state index in [1.54, 1.807) is 6.92 Å². The number of methoxy groups -OCH3 is 1. The Labute approximate surface area is 105 Å². The van der Waals surface area contributed by atoms with Crippen LogP contribution < -0.4 is 4.74 Å². The first-order chi connectivity index (χ1) is 8.38. The van der Waals surface area contributed by atoms with Crippen molar-refractivity contribution in [3.8, 4) is 5.75 Å². The highest BCUT2D eigenvalue weighted by molar-refractivity contribution is 7.86. The first-order valence-electron chi connectivity index (χ1n) is 5.18. The van der Waals surface area contributed by atoms with Crippen molar-refractivity contribution in [2.75, 3.05) is 13.7 Å². The van der Waals surface area contributed by atoms with E-state index >= 15 is 0 Å². The fraction of sp³-hybridized carbons (Fsp3) is 0.364. The van der Waals surface area contributed by atoms with Crippen LogP contribution in [0.25, 0.3) is 0 Å². The fourth-order valence-corrected chi connectivity index (χ4v) is 2.05. The summed E-state index contributed by atoms with van der Waals surface area (Å²) in [6, 6.07) is 3.98. The van der Waals surface area contributed by atoms with Crippen LogP contribution in [0.2, 0.25) is 0 Å². The van der Waals surface area contributed by atoms with Crippen LogP contribution in [0, 0.1) is 0 Å². The summed E-state index contributed by atoms with van der Waals surface area (Å²) >= 11 is 0. The molecule has 0 spiro atoms. The average molecular weight is 274 g/mol. The number of benzene rings is 1. The Morgan fingerprint density at radius 1 is 1.39 bits per heavy atom. The number of ether oxygens (including phenoxy) is 2. The van der Waals surface area contributed by atoms with E-state index in [0.29, 0.717) is 5.56 Å². The van der Waals surface area contributed by atoms with Crippen molar-refractivity contribution in [3.63, 3.8) is 0 Å². The molecule has 6 nitrogen and oxygen atoms in total. The second-order valence-electron chi connectivity index (χ2n) is 3.44. The zero-order valence-electron chi connectivity index (χ0n) is 10.0. The summed E-state index contributed by atoms with van der Waals surface area (Å²) in [4.78, 5) is 10.9. The number of rotatable bonds is 5. The smallest absolute Gasteiger partial charge is 0.310 e. The van der Waals surface area contributed by atoms with E-state index < -0.39 is 16.1 Å². The van der Waals surface area contributed by atoms with Gasteiger partial charge in [0.1, 0.15) is 10.6 Å². The molecule has 0 radical (unpaired) electrons. The molecule has 0 fully saturated rings. The second kappa shape index (κ2) is 5.83. The van der Waals surface area contributed by atoms with E-state index in [9.17, 15) is 13.2 Å². The Morgan fingerprint density at radius 3 is 2.56 bits per heavy atom. The Morgan fingerprint density at radius 2 is 2.06 bits per heavy atom. The molecule has 1 N–H and O–H groups in total. The standard InChI is InChI=1S/C11H14O6S/c1-3-17-11(12)7-8-4-5-10(18(13,14)15)9(6-8)16-2/h4-6H,3,7H2,1-2H3,(H,13,14,15). The zero-order valence-corrected chi connectivity index (χ0v) is 10.9. The maximum Gasteiger partial charge on any atom is 0.310 e. The van der Waals surface area contributed by atoms with Gasteiger partial charge in [-0.1, -0.05) is 6.07 Å². The molecule has 0 aliphatic carbocycles. The third-order valence-corrected chi connectivity index (χ3v) is 3.05. The van der Waals surface area contributed by atoms with E-state index in [4.69, 9.17) is 14.0 Å². The van der Waals surface area contributed by atoms with Gasteiger partial charge < -0.3 is 9.47 Å². The van der Waals surface area contributed by atoms with Crippen molar-refractivity contribution in [1.29, 1.82) is 0 Å². The minimum atomic E-state index is -4.34. The monoisotopic (exact) mass is 274 g/mol. The van der Waals surface area contributed by atoms with E-state index in [2.05, 4.69) is 0 Å². The van der Waals surface area contributed by atoms with E-state index in [1.165, 1.54) is 25.3 Å². The predicted octanol–water partition coefficient (Wildman–Crippen LogP) is 1.05. The van der Waals surface area contributed by atoms with Gasteiger partial charge in [0, 0.05) is 0 Å². The van der Waals surface area contributed by atoms with E-state index in [1.807, 2.05) is 0 Å². The summed E-state index contributed by atoms with van der Waals surface area (Å²) in [7, 11) is -3.07. The van der Waals surface area contributed by atoms with Gasteiger partial charge in [-0.2, -0.15) is 8.42 Å². The first-order valence-corrected chi connectivity index (χ1v) is 6.62. The molecule has 0 amide bonds. The maximum atomic E-state index is 11.3. The van der Waals surface area contributed by atoms with E-state index in [-0.39, 0.29) is 23.7 Å². The van der Waals surface area contributed by atoms with Crippen LogP contribution in [0.5, 0.6) is 5.75 Å². The van der Waals surface area contributed by atoms with Crippen LogP contribution >= 0.6 is 0 Å². The molecule has 0 aliphatic heterocycles. The molecule has 0 saturated heterocycles. The SMILES string of the molecule is CCOC(=O)Cc1ccc(S(=O)(=O)O)c(OC)c1. The summed E-state index contributed by atoms with van der Waals surface area (Å²) in [5, 5.41) is 0. The second-order valence-corrected chi connectivity index (χ2v) is 4.83. The lowest BCUT2D eigenvalue weighted by Gasteiger charge is -2.08. The van der Waals surface area contributed by atoms with Gasteiger partial charge in [0.25, 0.3) is 10.1 Å². The number of carbonyl (C=O) groups is 1. The molecule has 0 atom stereocenters. The quantitative estimate of drug-likeness (QED) is 0.637. The van der Waals surface area contributed by atoms with Gasteiger partial charge in [0.05, 0.1) is 20.1 Å². The topological polar surface area (TPSA) is 89.9 Å². The Bertz CT molecular complexity index is 534.